The third-order valence-corrected chi connectivity index (χ3v) is 5.87. The van der Waals surface area contributed by atoms with Crippen molar-refractivity contribution in [2.24, 2.45) is 0 Å². The second kappa shape index (κ2) is 10.7. The van der Waals surface area contributed by atoms with Crippen LogP contribution in [0.2, 0.25) is 0 Å². The molecule has 3 aromatic carbocycles. The maximum absolute atomic E-state index is 12.9. The SMILES string of the molecule is COc1ccc(C(=O)N2CCN(C(=O)COc3ccc(-c4ccccc4)cc3)CC2)cc1OC. The highest BCUT2D eigenvalue weighted by atomic mass is 16.5. The quantitative estimate of drug-likeness (QED) is 0.537. The second-order valence-corrected chi connectivity index (χ2v) is 7.92. The summed E-state index contributed by atoms with van der Waals surface area (Å²) in [5.41, 5.74) is 2.75. The minimum Gasteiger partial charge on any atom is -0.493 e. The molecule has 0 bridgehead atoms. The molecule has 1 aliphatic rings. The van der Waals surface area contributed by atoms with Crippen molar-refractivity contribution < 1.29 is 23.8 Å². The van der Waals surface area contributed by atoms with Gasteiger partial charge in [-0.15, -0.1) is 0 Å². The summed E-state index contributed by atoms with van der Waals surface area (Å²) < 4.78 is 16.2. The maximum atomic E-state index is 12.9. The molecule has 0 saturated carbocycles. The molecule has 1 heterocycles. The van der Waals surface area contributed by atoms with E-state index in [9.17, 15) is 9.59 Å². The van der Waals surface area contributed by atoms with Crippen LogP contribution in [0.15, 0.2) is 72.8 Å². The van der Waals surface area contributed by atoms with Crippen LogP contribution in [0.25, 0.3) is 11.1 Å². The molecule has 0 atom stereocenters. The van der Waals surface area contributed by atoms with Crippen molar-refractivity contribution in [3.63, 3.8) is 0 Å². The molecule has 3 aromatic rings. The number of nitrogens with zero attached hydrogens (tertiary/aromatic N) is 2. The maximum Gasteiger partial charge on any atom is 0.260 e. The lowest BCUT2D eigenvalue weighted by atomic mass is 10.1. The zero-order chi connectivity index (χ0) is 23.9. The van der Waals surface area contributed by atoms with Gasteiger partial charge in [0.1, 0.15) is 5.75 Å². The molecule has 0 N–H and O–H groups in total. The number of hydrogen-bond donors (Lipinski definition) is 0. The zero-order valence-electron chi connectivity index (χ0n) is 19.4. The van der Waals surface area contributed by atoms with E-state index in [1.54, 1.807) is 35.1 Å². The molecule has 1 fully saturated rings. The molecule has 0 unspecified atom stereocenters. The van der Waals surface area contributed by atoms with Crippen molar-refractivity contribution in [3.8, 4) is 28.4 Å². The summed E-state index contributed by atoms with van der Waals surface area (Å²) >= 11 is 0. The first-order valence-electron chi connectivity index (χ1n) is 11.2. The minimum atomic E-state index is -0.0946. The highest BCUT2D eigenvalue weighted by molar-refractivity contribution is 5.95. The van der Waals surface area contributed by atoms with Gasteiger partial charge in [-0.05, 0) is 41.5 Å². The first kappa shape index (κ1) is 23.2. The highest BCUT2D eigenvalue weighted by Gasteiger charge is 2.25. The van der Waals surface area contributed by atoms with Gasteiger partial charge in [0.2, 0.25) is 0 Å². The fourth-order valence-electron chi connectivity index (χ4n) is 3.92. The van der Waals surface area contributed by atoms with Crippen LogP contribution in [-0.4, -0.2) is 68.6 Å². The lowest BCUT2D eigenvalue weighted by Gasteiger charge is -2.34. The highest BCUT2D eigenvalue weighted by Crippen LogP contribution is 2.28. The summed E-state index contributed by atoms with van der Waals surface area (Å²) in [6.07, 6.45) is 0. The van der Waals surface area contributed by atoms with E-state index in [-0.39, 0.29) is 18.4 Å². The molecule has 7 nitrogen and oxygen atoms in total. The van der Waals surface area contributed by atoms with Crippen molar-refractivity contribution >= 4 is 11.8 Å². The monoisotopic (exact) mass is 460 g/mol. The number of methoxy groups -OCH3 is 2. The lowest BCUT2D eigenvalue weighted by molar-refractivity contribution is -0.134. The predicted molar refractivity (Wildman–Crippen MR) is 129 cm³/mol. The molecule has 176 valence electrons. The van der Waals surface area contributed by atoms with Crippen LogP contribution in [-0.2, 0) is 4.79 Å². The van der Waals surface area contributed by atoms with Gasteiger partial charge in [0.05, 0.1) is 14.2 Å². The molecule has 0 aliphatic carbocycles. The third kappa shape index (κ3) is 5.31. The molecule has 1 aliphatic heterocycles. The second-order valence-electron chi connectivity index (χ2n) is 7.92. The van der Waals surface area contributed by atoms with Gasteiger partial charge in [-0.3, -0.25) is 9.59 Å². The van der Waals surface area contributed by atoms with Crippen molar-refractivity contribution in [2.75, 3.05) is 47.0 Å². The molecule has 0 radical (unpaired) electrons. The van der Waals surface area contributed by atoms with Gasteiger partial charge in [0, 0.05) is 31.7 Å². The third-order valence-electron chi connectivity index (χ3n) is 5.87. The van der Waals surface area contributed by atoms with Gasteiger partial charge in [0.15, 0.2) is 18.1 Å². The van der Waals surface area contributed by atoms with Crippen LogP contribution >= 0.6 is 0 Å². The van der Waals surface area contributed by atoms with Crippen LogP contribution in [0.1, 0.15) is 10.4 Å². The van der Waals surface area contributed by atoms with E-state index < -0.39 is 0 Å². The van der Waals surface area contributed by atoms with Gasteiger partial charge in [-0.1, -0.05) is 42.5 Å². The van der Waals surface area contributed by atoms with Crippen LogP contribution < -0.4 is 14.2 Å². The Morgan fingerprint density at radius 3 is 2.00 bits per heavy atom. The molecular formula is C27H28N2O5. The van der Waals surface area contributed by atoms with E-state index in [1.807, 2.05) is 42.5 Å². The molecule has 4 rings (SSSR count). The molecule has 2 amide bonds. The van der Waals surface area contributed by atoms with Gasteiger partial charge >= 0.3 is 0 Å². The molecular weight excluding hydrogens is 432 g/mol. The van der Waals surface area contributed by atoms with Crippen LogP contribution in [0.5, 0.6) is 17.2 Å². The molecule has 34 heavy (non-hydrogen) atoms. The Kier molecular flexibility index (Phi) is 7.32. The van der Waals surface area contributed by atoms with Crippen molar-refractivity contribution in [1.29, 1.82) is 0 Å². The normalized spacial score (nSPS) is 13.4. The summed E-state index contributed by atoms with van der Waals surface area (Å²) in [7, 11) is 3.09. The zero-order valence-corrected chi connectivity index (χ0v) is 19.4. The van der Waals surface area contributed by atoms with E-state index in [0.29, 0.717) is 49.0 Å². The van der Waals surface area contributed by atoms with Gasteiger partial charge in [-0.2, -0.15) is 0 Å². The van der Waals surface area contributed by atoms with E-state index in [0.717, 1.165) is 11.1 Å². The summed E-state index contributed by atoms with van der Waals surface area (Å²) in [5.74, 6) is 1.55. The summed E-state index contributed by atoms with van der Waals surface area (Å²) in [5, 5.41) is 0. The Labute approximate surface area is 199 Å². The van der Waals surface area contributed by atoms with Gasteiger partial charge in [0.25, 0.3) is 11.8 Å². The number of rotatable bonds is 7. The Morgan fingerprint density at radius 2 is 1.35 bits per heavy atom. The van der Waals surface area contributed by atoms with Gasteiger partial charge in [-0.25, -0.2) is 0 Å². The number of carbonyl (C=O) groups is 2. The van der Waals surface area contributed by atoms with Gasteiger partial charge < -0.3 is 24.0 Å². The summed E-state index contributed by atoms with van der Waals surface area (Å²) in [6.45, 7) is 1.83. The Bertz CT molecular complexity index is 1120. The fraction of sp³-hybridized carbons (Fsp3) is 0.259. The van der Waals surface area contributed by atoms with E-state index in [2.05, 4.69) is 12.1 Å². The van der Waals surface area contributed by atoms with Crippen molar-refractivity contribution in [1.82, 2.24) is 9.80 Å². The molecule has 0 aromatic heterocycles. The van der Waals surface area contributed by atoms with Crippen LogP contribution in [0, 0.1) is 0 Å². The fourth-order valence-corrected chi connectivity index (χ4v) is 3.92. The summed E-state index contributed by atoms with van der Waals surface area (Å²) in [6, 6.07) is 22.9. The number of benzene rings is 3. The van der Waals surface area contributed by atoms with Crippen molar-refractivity contribution in [2.45, 2.75) is 0 Å². The topological polar surface area (TPSA) is 68.3 Å². The lowest BCUT2D eigenvalue weighted by Crippen LogP contribution is -2.51. The standard InChI is InChI=1S/C27H28N2O5/c1-32-24-13-10-22(18-25(24)33-2)27(31)29-16-14-28(15-17-29)26(30)19-34-23-11-8-21(9-12-23)20-6-4-3-5-7-20/h3-13,18H,14-17,19H2,1-2H3. The Balaban J connectivity index is 1.27. The van der Waals surface area contributed by atoms with E-state index in [4.69, 9.17) is 14.2 Å². The Hall–Kier alpha value is -4.00. The average Bonchev–Trinajstić information content (AvgIpc) is 2.91. The van der Waals surface area contributed by atoms with Crippen molar-refractivity contribution in [3.05, 3.63) is 78.4 Å². The first-order valence-corrected chi connectivity index (χ1v) is 11.2. The number of ether oxygens (including phenoxy) is 3. The average molecular weight is 461 g/mol. The van der Waals surface area contributed by atoms with E-state index >= 15 is 0 Å². The van der Waals surface area contributed by atoms with E-state index in [1.165, 1.54) is 7.11 Å². The number of hydrogen-bond acceptors (Lipinski definition) is 5. The van der Waals surface area contributed by atoms with Crippen LogP contribution in [0.3, 0.4) is 0 Å². The molecule has 0 spiro atoms. The summed E-state index contributed by atoms with van der Waals surface area (Å²) in [4.78, 5) is 29.0. The molecule has 7 heteroatoms. The Morgan fingerprint density at radius 1 is 0.735 bits per heavy atom. The number of carbonyl (C=O) groups excluding carboxylic acids is 2. The first-order chi connectivity index (χ1) is 16.6. The minimum absolute atomic E-state index is 0.0334. The predicted octanol–water partition coefficient (Wildman–Crippen LogP) is 3.73. The molecule has 1 saturated heterocycles. The number of amides is 2. The number of piperazine rings is 1. The smallest absolute Gasteiger partial charge is 0.260 e. The van der Waals surface area contributed by atoms with Crippen LogP contribution in [0.4, 0.5) is 0 Å². The largest absolute Gasteiger partial charge is 0.493 e.